The fourth-order valence-corrected chi connectivity index (χ4v) is 2.25. The van der Waals surface area contributed by atoms with Crippen molar-refractivity contribution in [2.75, 3.05) is 12.8 Å². The minimum Gasteiger partial charge on any atom is -0.401 e. The van der Waals surface area contributed by atoms with Gasteiger partial charge in [0.1, 0.15) is 0 Å². The third kappa shape index (κ3) is 1.05. The zero-order valence-corrected chi connectivity index (χ0v) is 7.19. The molecule has 2 aliphatic heterocycles. The van der Waals surface area contributed by atoms with E-state index < -0.39 is 0 Å². The SMILES string of the molecule is CN1C=CC2=C(N)CSC2=C1. The largest absolute Gasteiger partial charge is 0.401 e. The summed E-state index contributed by atoms with van der Waals surface area (Å²) in [6, 6.07) is 0. The maximum Gasteiger partial charge on any atom is 0.0385 e. The molecule has 0 aliphatic carbocycles. The van der Waals surface area contributed by atoms with E-state index >= 15 is 0 Å². The van der Waals surface area contributed by atoms with Crippen LogP contribution in [-0.2, 0) is 0 Å². The van der Waals surface area contributed by atoms with Crippen molar-refractivity contribution in [2.24, 2.45) is 5.73 Å². The number of rotatable bonds is 0. The van der Waals surface area contributed by atoms with Gasteiger partial charge in [0.15, 0.2) is 0 Å². The standard InChI is InChI=1S/C8H10N2S/c1-10-3-2-6-7(9)5-11-8(6)4-10/h2-4H,5,9H2,1H3. The van der Waals surface area contributed by atoms with E-state index in [2.05, 4.69) is 12.3 Å². The molecule has 2 heterocycles. The molecule has 3 heteroatoms. The maximum atomic E-state index is 5.78. The summed E-state index contributed by atoms with van der Waals surface area (Å²) < 4.78 is 0. The molecule has 0 aromatic carbocycles. The first-order chi connectivity index (χ1) is 5.27. The molecule has 2 N–H and O–H groups in total. The smallest absolute Gasteiger partial charge is 0.0385 e. The van der Waals surface area contributed by atoms with E-state index in [1.165, 1.54) is 10.5 Å². The highest BCUT2D eigenvalue weighted by molar-refractivity contribution is 8.03. The van der Waals surface area contributed by atoms with Crippen LogP contribution < -0.4 is 5.73 Å². The topological polar surface area (TPSA) is 29.3 Å². The summed E-state index contributed by atoms with van der Waals surface area (Å²) in [6.45, 7) is 0. The lowest BCUT2D eigenvalue weighted by molar-refractivity contribution is 0.618. The predicted molar refractivity (Wildman–Crippen MR) is 48.7 cm³/mol. The number of hydrogen-bond donors (Lipinski definition) is 1. The molecular formula is C8H10N2S. The molecule has 0 unspecified atom stereocenters. The molecule has 58 valence electrons. The van der Waals surface area contributed by atoms with Crippen molar-refractivity contribution in [3.63, 3.8) is 0 Å². The van der Waals surface area contributed by atoms with Crippen LogP contribution in [0.2, 0.25) is 0 Å². The Labute approximate surface area is 70.4 Å². The van der Waals surface area contributed by atoms with Gasteiger partial charge in [-0.2, -0.15) is 0 Å². The first kappa shape index (κ1) is 6.85. The van der Waals surface area contributed by atoms with Crippen LogP contribution in [0.4, 0.5) is 0 Å². The second-order valence-corrected chi connectivity index (χ2v) is 3.72. The van der Waals surface area contributed by atoms with E-state index in [0.717, 1.165) is 11.4 Å². The van der Waals surface area contributed by atoms with Gasteiger partial charge in [-0.15, -0.1) is 11.8 Å². The van der Waals surface area contributed by atoms with E-state index in [1.54, 1.807) is 0 Å². The van der Waals surface area contributed by atoms with Crippen molar-refractivity contribution in [1.29, 1.82) is 0 Å². The third-order valence-corrected chi connectivity index (χ3v) is 2.88. The van der Waals surface area contributed by atoms with Crippen LogP contribution >= 0.6 is 11.8 Å². The quantitative estimate of drug-likeness (QED) is 0.587. The number of nitrogens with two attached hydrogens (primary N) is 1. The lowest BCUT2D eigenvalue weighted by Gasteiger charge is -2.14. The van der Waals surface area contributed by atoms with Gasteiger partial charge in [-0.3, -0.25) is 0 Å². The van der Waals surface area contributed by atoms with E-state index in [-0.39, 0.29) is 0 Å². The van der Waals surface area contributed by atoms with Crippen LogP contribution in [0.5, 0.6) is 0 Å². The Bertz CT molecular complexity index is 276. The van der Waals surface area contributed by atoms with Crippen molar-refractivity contribution in [3.8, 4) is 0 Å². The Balaban J connectivity index is 2.40. The highest BCUT2D eigenvalue weighted by Gasteiger charge is 2.18. The Morgan fingerprint density at radius 2 is 2.45 bits per heavy atom. The van der Waals surface area contributed by atoms with Gasteiger partial charge in [0.25, 0.3) is 0 Å². The predicted octanol–water partition coefficient (Wildman–Crippen LogP) is 1.25. The van der Waals surface area contributed by atoms with Gasteiger partial charge in [0.05, 0.1) is 0 Å². The minimum absolute atomic E-state index is 0.944. The molecule has 0 aromatic heterocycles. The minimum atomic E-state index is 0.944. The fraction of sp³-hybridized carbons (Fsp3) is 0.250. The number of thioether (sulfide) groups is 1. The first-order valence-corrected chi connectivity index (χ1v) is 4.49. The van der Waals surface area contributed by atoms with Crippen LogP contribution in [0.25, 0.3) is 0 Å². The number of fused-ring (bicyclic) bond motifs is 1. The van der Waals surface area contributed by atoms with Crippen molar-refractivity contribution in [2.45, 2.75) is 0 Å². The molecular weight excluding hydrogens is 156 g/mol. The van der Waals surface area contributed by atoms with Crippen LogP contribution in [0, 0.1) is 0 Å². The van der Waals surface area contributed by atoms with E-state index in [0.29, 0.717) is 0 Å². The van der Waals surface area contributed by atoms with Gasteiger partial charge in [0, 0.05) is 41.4 Å². The van der Waals surface area contributed by atoms with Gasteiger partial charge < -0.3 is 10.6 Å². The van der Waals surface area contributed by atoms with Gasteiger partial charge in [-0.1, -0.05) is 0 Å². The number of nitrogens with zero attached hydrogens (tertiary/aromatic N) is 1. The van der Waals surface area contributed by atoms with Crippen LogP contribution in [-0.4, -0.2) is 17.7 Å². The van der Waals surface area contributed by atoms with Gasteiger partial charge in [-0.05, 0) is 6.08 Å². The molecule has 2 aliphatic rings. The summed E-state index contributed by atoms with van der Waals surface area (Å²) in [5.41, 5.74) is 8.00. The monoisotopic (exact) mass is 166 g/mol. The molecule has 0 spiro atoms. The lowest BCUT2D eigenvalue weighted by atomic mass is 10.2. The second kappa shape index (κ2) is 2.34. The average Bonchev–Trinajstić information content (AvgIpc) is 2.32. The number of hydrogen-bond acceptors (Lipinski definition) is 3. The summed E-state index contributed by atoms with van der Waals surface area (Å²) in [7, 11) is 2.02. The molecule has 0 fully saturated rings. The zero-order chi connectivity index (χ0) is 7.84. The molecule has 0 radical (unpaired) electrons. The summed E-state index contributed by atoms with van der Waals surface area (Å²) in [5.74, 6) is 0.944. The summed E-state index contributed by atoms with van der Waals surface area (Å²) >= 11 is 1.81. The van der Waals surface area contributed by atoms with Gasteiger partial charge in [-0.25, -0.2) is 0 Å². The fourth-order valence-electron chi connectivity index (χ4n) is 1.19. The molecule has 0 amide bonds. The second-order valence-electron chi connectivity index (χ2n) is 2.70. The van der Waals surface area contributed by atoms with Crippen LogP contribution in [0.1, 0.15) is 0 Å². The lowest BCUT2D eigenvalue weighted by Crippen LogP contribution is -2.06. The van der Waals surface area contributed by atoms with Gasteiger partial charge >= 0.3 is 0 Å². The molecule has 0 bridgehead atoms. The summed E-state index contributed by atoms with van der Waals surface area (Å²) in [4.78, 5) is 3.34. The zero-order valence-electron chi connectivity index (χ0n) is 6.37. The molecule has 0 aromatic rings. The third-order valence-electron chi connectivity index (χ3n) is 1.79. The normalized spacial score (nSPS) is 22.3. The summed E-state index contributed by atoms with van der Waals surface area (Å²) in [6.07, 6.45) is 6.21. The van der Waals surface area contributed by atoms with E-state index in [9.17, 15) is 0 Å². The molecule has 2 nitrogen and oxygen atoms in total. The van der Waals surface area contributed by atoms with Gasteiger partial charge in [0.2, 0.25) is 0 Å². The van der Waals surface area contributed by atoms with Crippen molar-refractivity contribution >= 4 is 11.8 Å². The molecule has 0 saturated heterocycles. The molecule has 0 atom stereocenters. The van der Waals surface area contributed by atoms with Crippen LogP contribution in [0.3, 0.4) is 0 Å². The molecule has 2 rings (SSSR count). The summed E-state index contributed by atoms with van der Waals surface area (Å²) in [5, 5.41) is 0. The van der Waals surface area contributed by atoms with Crippen molar-refractivity contribution < 1.29 is 0 Å². The Kier molecular flexibility index (Phi) is 1.46. The average molecular weight is 166 g/mol. The Hall–Kier alpha value is -0.830. The first-order valence-electron chi connectivity index (χ1n) is 3.51. The highest BCUT2D eigenvalue weighted by Crippen LogP contribution is 2.36. The molecule has 11 heavy (non-hydrogen) atoms. The van der Waals surface area contributed by atoms with Crippen molar-refractivity contribution in [1.82, 2.24) is 4.90 Å². The molecule has 0 saturated carbocycles. The maximum absolute atomic E-state index is 5.78. The number of allylic oxidation sites excluding steroid dienone is 2. The Morgan fingerprint density at radius 1 is 1.64 bits per heavy atom. The highest BCUT2D eigenvalue weighted by atomic mass is 32.2. The van der Waals surface area contributed by atoms with E-state index in [4.69, 9.17) is 5.73 Å². The van der Waals surface area contributed by atoms with Crippen LogP contribution in [0.15, 0.2) is 34.7 Å². The Morgan fingerprint density at radius 3 is 3.27 bits per heavy atom. The van der Waals surface area contributed by atoms with Crippen molar-refractivity contribution in [3.05, 3.63) is 34.7 Å². The van der Waals surface area contributed by atoms with E-state index in [1.807, 2.05) is 29.9 Å².